The van der Waals surface area contributed by atoms with E-state index >= 15 is 0 Å². The SMILES string of the molecule is C1CCCCC[C@@H]2COC[C@H]2CCCC1. The molecule has 1 saturated heterocycles. The van der Waals surface area contributed by atoms with Crippen LogP contribution in [0.4, 0.5) is 0 Å². The third kappa shape index (κ3) is 3.79. The number of hydrogen-bond acceptors (Lipinski definition) is 1. The standard InChI is InChI=1S/C14H26O/c1-2-4-6-8-10-14-12-15-11-13(14)9-7-5-3-1/h13-14H,1-12H2/t13-,14-/m1/s1. The van der Waals surface area contributed by atoms with Crippen molar-refractivity contribution in [3.63, 3.8) is 0 Å². The highest BCUT2D eigenvalue weighted by Gasteiger charge is 2.26. The van der Waals surface area contributed by atoms with Crippen LogP contribution >= 0.6 is 0 Å². The van der Waals surface area contributed by atoms with Crippen molar-refractivity contribution < 1.29 is 4.74 Å². The van der Waals surface area contributed by atoms with Crippen LogP contribution in [-0.4, -0.2) is 13.2 Å². The second kappa shape index (κ2) is 6.52. The average Bonchev–Trinajstić information content (AvgIpc) is 2.65. The monoisotopic (exact) mass is 210 g/mol. The molecule has 1 nitrogen and oxygen atoms in total. The van der Waals surface area contributed by atoms with Crippen molar-refractivity contribution in [1.82, 2.24) is 0 Å². The zero-order valence-corrected chi connectivity index (χ0v) is 10.0. The Morgan fingerprint density at radius 2 is 0.933 bits per heavy atom. The first kappa shape index (κ1) is 11.4. The zero-order valence-electron chi connectivity index (χ0n) is 10.0. The van der Waals surface area contributed by atoms with Crippen LogP contribution in [0.1, 0.15) is 64.2 Å². The van der Waals surface area contributed by atoms with Gasteiger partial charge in [0.05, 0.1) is 0 Å². The maximum Gasteiger partial charge on any atom is 0.0497 e. The summed E-state index contributed by atoms with van der Waals surface area (Å²) in [6.07, 6.45) is 14.6. The lowest BCUT2D eigenvalue weighted by atomic mass is 9.86. The molecule has 2 atom stereocenters. The highest BCUT2D eigenvalue weighted by atomic mass is 16.5. The van der Waals surface area contributed by atoms with Crippen molar-refractivity contribution >= 4 is 0 Å². The highest BCUT2D eigenvalue weighted by Crippen LogP contribution is 2.30. The van der Waals surface area contributed by atoms with Crippen LogP contribution in [0.5, 0.6) is 0 Å². The Balaban J connectivity index is 1.77. The average molecular weight is 210 g/mol. The van der Waals surface area contributed by atoms with E-state index in [1.807, 2.05) is 0 Å². The van der Waals surface area contributed by atoms with Gasteiger partial charge in [0, 0.05) is 13.2 Å². The van der Waals surface area contributed by atoms with Crippen molar-refractivity contribution in [3.05, 3.63) is 0 Å². The van der Waals surface area contributed by atoms with E-state index in [1.54, 1.807) is 0 Å². The first-order valence-electron chi connectivity index (χ1n) is 7.04. The second-order valence-electron chi connectivity index (χ2n) is 5.46. The van der Waals surface area contributed by atoms with E-state index in [9.17, 15) is 0 Å². The van der Waals surface area contributed by atoms with Crippen molar-refractivity contribution in [1.29, 1.82) is 0 Å². The Bertz CT molecular complexity index is 149. The number of rotatable bonds is 0. The molecule has 0 unspecified atom stereocenters. The quantitative estimate of drug-likeness (QED) is 0.583. The van der Waals surface area contributed by atoms with Crippen LogP contribution in [0.3, 0.4) is 0 Å². The normalized spacial score (nSPS) is 35.2. The summed E-state index contributed by atoms with van der Waals surface area (Å²) in [4.78, 5) is 0. The zero-order chi connectivity index (χ0) is 10.3. The first-order valence-corrected chi connectivity index (χ1v) is 7.04. The van der Waals surface area contributed by atoms with Crippen LogP contribution < -0.4 is 0 Å². The molecule has 0 aromatic rings. The molecule has 0 aromatic heterocycles. The molecule has 1 heterocycles. The summed E-state index contributed by atoms with van der Waals surface area (Å²) in [6, 6.07) is 0. The molecule has 0 N–H and O–H groups in total. The summed E-state index contributed by atoms with van der Waals surface area (Å²) in [7, 11) is 0. The van der Waals surface area contributed by atoms with E-state index in [1.165, 1.54) is 64.2 Å². The lowest BCUT2D eigenvalue weighted by Crippen LogP contribution is -2.12. The van der Waals surface area contributed by atoms with Crippen LogP contribution in [0.25, 0.3) is 0 Å². The fourth-order valence-corrected chi connectivity index (χ4v) is 3.15. The van der Waals surface area contributed by atoms with Gasteiger partial charge in [-0.3, -0.25) is 0 Å². The molecule has 0 amide bonds. The van der Waals surface area contributed by atoms with Gasteiger partial charge in [0.1, 0.15) is 0 Å². The number of ether oxygens (including phenoxy) is 1. The van der Waals surface area contributed by atoms with E-state index in [2.05, 4.69) is 0 Å². The fraction of sp³-hybridized carbons (Fsp3) is 1.00. The summed E-state index contributed by atoms with van der Waals surface area (Å²) < 4.78 is 5.65. The van der Waals surface area contributed by atoms with Gasteiger partial charge >= 0.3 is 0 Å². The Kier molecular flexibility index (Phi) is 4.98. The number of fused-ring (bicyclic) bond motifs is 1. The van der Waals surface area contributed by atoms with Crippen molar-refractivity contribution in [2.75, 3.05) is 13.2 Å². The molecule has 1 aliphatic carbocycles. The molecule has 0 aromatic carbocycles. The fourth-order valence-electron chi connectivity index (χ4n) is 3.15. The van der Waals surface area contributed by atoms with Crippen molar-refractivity contribution in [2.24, 2.45) is 11.8 Å². The lowest BCUT2D eigenvalue weighted by Gasteiger charge is -2.18. The van der Waals surface area contributed by atoms with Gasteiger partial charge in [-0.25, -0.2) is 0 Å². The molecule has 1 saturated carbocycles. The minimum atomic E-state index is 0.907. The predicted octanol–water partition coefficient (Wildman–Crippen LogP) is 4.16. The van der Waals surface area contributed by atoms with Gasteiger partial charge in [-0.15, -0.1) is 0 Å². The Morgan fingerprint density at radius 3 is 1.40 bits per heavy atom. The third-order valence-corrected chi connectivity index (χ3v) is 4.23. The predicted molar refractivity (Wildman–Crippen MR) is 64.0 cm³/mol. The van der Waals surface area contributed by atoms with Crippen molar-refractivity contribution in [3.8, 4) is 0 Å². The maximum absolute atomic E-state index is 5.65. The minimum Gasteiger partial charge on any atom is -0.381 e. The minimum absolute atomic E-state index is 0.907. The smallest absolute Gasteiger partial charge is 0.0497 e. The molecule has 0 radical (unpaired) electrons. The van der Waals surface area contributed by atoms with Gasteiger partial charge in [0.25, 0.3) is 0 Å². The van der Waals surface area contributed by atoms with E-state index in [0.717, 1.165) is 25.0 Å². The van der Waals surface area contributed by atoms with Crippen LogP contribution in [0.2, 0.25) is 0 Å². The Labute approximate surface area is 94.6 Å². The molecule has 15 heavy (non-hydrogen) atoms. The van der Waals surface area contributed by atoms with E-state index in [4.69, 9.17) is 4.74 Å². The molecule has 0 spiro atoms. The highest BCUT2D eigenvalue weighted by molar-refractivity contribution is 4.75. The Hall–Kier alpha value is -0.0400. The van der Waals surface area contributed by atoms with Crippen LogP contribution in [-0.2, 0) is 4.74 Å². The largest absolute Gasteiger partial charge is 0.381 e. The molecule has 2 aliphatic rings. The summed E-state index contributed by atoms with van der Waals surface area (Å²) in [5, 5.41) is 0. The maximum atomic E-state index is 5.65. The van der Waals surface area contributed by atoms with Gasteiger partial charge in [-0.05, 0) is 24.7 Å². The molecule has 2 fully saturated rings. The van der Waals surface area contributed by atoms with Crippen LogP contribution in [0, 0.1) is 11.8 Å². The second-order valence-corrected chi connectivity index (χ2v) is 5.46. The first-order chi connectivity index (χ1) is 7.47. The summed E-state index contributed by atoms with van der Waals surface area (Å²) in [5.41, 5.74) is 0. The topological polar surface area (TPSA) is 9.23 Å². The van der Waals surface area contributed by atoms with Gasteiger partial charge in [0.15, 0.2) is 0 Å². The van der Waals surface area contributed by atoms with Gasteiger partial charge in [-0.1, -0.05) is 51.4 Å². The Morgan fingerprint density at radius 1 is 0.533 bits per heavy atom. The van der Waals surface area contributed by atoms with Gasteiger partial charge < -0.3 is 4.74 Å². The summed E-state index contributed by atoms with van der Waals surface area (Å²) in [6.45, 7) is 2.12. The van der Waals surface area contributed by atoms with Crippen molar-refractivity contribution in [2.45, 2.75) is 64.2 Å². The third-order valence-electron chi connectivity index (χ3n) is 4.23. The van der Waals surface area contributed by atoms with Gasteiger partial charge in [0.2, 0.25) is 0 Å². The van der Waals surface area contributed by atoms with E-state index in [0.29, 0.717) is 0 Å². The molecule has 0 bridgehead atoms. The molecule has 2 rings (SSSR count). The van der Waals surface area contributed by atoms with E-state index in [-0.39, 0.29) is 0 Å². The van der Waals surface area contributed by atoms with Gasteiger partial charge in [-0.2, -0.15) is 0 Å². The number of hydrogen-bond donors (Lipinski definition) is 0. The molecule has 88 valence electrons. The lowest BCUT2D eigenvalue weighted by molar-refractivity contribution is 0.178. The summed E-state index contributed by atoms with van der Waals surface area (Å²) in [5.74, 6) is 1.81. The molecule has 1 heteroatoms. The van der Waals surface area contributed by atoms with E-state index < -0.39 is 0 Å². The summed E-state index contributed by atoms with van der Waals surface area (Å²) >= 11 is 0. The molecular weight excluding hydrogens is 184 g/mol. The molecule has 1 aliphatic heterocycles. The van der Waals surface area contributed by atoms with Crippen LogP contribution in [0.15, 0.2) is 0 Å². The molecular formula is C14H26O.